The Morgan fingerprint density at radius 3 is 2.68 bits per heavy atom. The minimum atomic E-state index is 0.00568. The maximum Gasteiger partial charge on any atom is 0.163 e. The quantitative estimate of drug-likeness (QED) is 0.506. The first-order chi connectivity index (χ1) is 9.20. The van der Waals surface area contributed by atoms with Gasteiger partial charge in [0.15, 0.2) is 17.8 Å². The first-order valence-corrected chi connectivity index (χ1v) is 7.27. The van der Waals surface area contributed by atoms with Gasteiger partial charge in [0, 0.05) is 14.9 Å². The molecule has 0 saturated carbocycles. The summed E-state index contributed by atoms with van der Waals surface area (Å²) in [6.07, 6.45) is 0.709. The van der Waals surface area contributed by atoms with Gasteiger partial charge in [-0.2, -0.15) is 0 Å². The molecule has 1 N–H and O–H groups in total. The van der Waals surface area contributed by atoms with Crippen LogP contribution in [0, 0.1) is 0 Å². The summed E-state index contributed by atoms with van der Waals surface area (Å²) in [5, 5.41) is 9.73. The second kappa shape index (κ2) is 6.63. The number of phenolic OH excluding ortho intramolecular Hbond substituents is 1. The molecule has 2 aromatic carbocycles. The number of phenols is 1. The Morgan fingerprint density at radius 2 is 2.00 bits per heavy atom. The minimum Gasteiger partial charge on any atom is -0.504 e. The first kappa shape index (κ1) is 14.0. The van der Waals surface area contributed by atoms with Crippen LogP contribution in [0.2, 0.25) is 0 Å². The van der Waals surface area contributed by atoms with Gasteiger partial charge in [-0.05, 0) is 40.2 Å². The van der Waals surface area contributed by atoms with E-state index in [-0.39, 0.29) is 5.75 Å². The van der Waals surface area contributed by atoms with Crippen molar-refractivity contribution in [3.63, 3.8) is 0 Å². The standard InChI is InChI=1S/C14H11BrO3S/c15-12-7-13(17)14(6-10(12)8-16)18-9-19-11-4-2-1-3-5-11/h1-8,17H,9H2. The van der Waals surface area contributed by atoms with Crippen molar-refractivity contribution in [1.82, 2.24) is 0 Å². The number of halogens is 1. The molecule has 0 aliphatic heterocycles. The number of hydrogen-bond donors (Lipinski definition) is 1. The molecule has 3 nitrogen and oxygen atoms in total. The lowest BCUT2D eigenvalue weighted by Gasteiger charge is -2.09. The van der Waals surface area contributed by atoms with Crippen molar-refractivity contribution in [3.8, 4) is 11.5 Å². The van der Waals surface area contributed by atoms with Crippen LogP contribution in [0.1, 0.15) is 10.4 Å². The molecule has 0 spiro atoms. The van der Waals surface area contributed by atoms with Crippen LogP contribution in [-0.4, -0.2) is 17.3 Å². The molecule has 0 atom stereocenters. The maximum atomic E-state index is 10.8. The van der Waals surface area contributed by atoms with Gasteiger partial charge in [-0.3, -0.25) is 4.79 Å². The van der Waals surface area contributed by atoms with E-state index in [1.807, 2.05) is 30.3 Å². The number of carbonyl (C=O) groups excluding carboxylic acids is 1. The summed E-state index contributed by atoms with van der Waals surface area (Å²) in [6.45, 7) is 0. The molecule has 0 bridgehead atoms. The molecule has 0 amide bonds. The third-order valence-electron chi connectivity index (χ3n) is 2.39. The van der Waals surface area contributed by atoms with Crippen LogP contribution >= 0.6 is 27.7 Å². The molecule has 0 saturated heterocycles. The third-order valence-corrected chi connectivity index (χ3v) is 3.92. The van der Waals surface area contributed by atoms with E-state index < -0.39 is 0 Å². The topological polar surface area (TPSA) is 46.5 Å². The highest BCUT2D eigenvalue weighted by Crippen LogP contribution is 2.32. The summed E-state index contributed by atoms with van der Waals surface area (Å²) in [7, 11) is 0. The van der Waals surface area contributed by atoms with Crippen LogP contribution in [0.3, 0.4) is 0 Å². The summed E-state index contributed by atoms with van der Waals surface area (Å²) in [5.74, 6) is 0.664. The summed E-state index contributed by atoms with van der Waals surface area (Å²) in [5.41, 5.74) is 0.442. The highest BCUT2D eigenvalue weighted by atomic mass is 79.9. The molecular weight excluding hydrogens is 328 g/mol. The molecule has 0 aliphatic carbocycles. The third kappa shape index (κ3) is 3.75. The van der Waals surface area contributed by atoms with E-state index in [9.17, 15) is 9.90 Å². The van der Waals surface area contributed by atoms with Crippen LogP contribution in [0.4, 0.5) is 0 Å². The predicted molar refractivity (Wildman–Crippen MR) is 79.0 cm³/mol. The molecule has 98 valence electrons. The fraction of sp³-hybridized carbons (Fsp3) is 0.0714. The van der Waals surface area contributed by atoms with Crippen molar-refractivity contribution in [3.05, 3.63) is 52.5 Å². The van der Waals surface area contributed by atoms with Gasteiger partial charge in [0.1, 0.15) is 5.94 Å². The van der Waals surface area contributed by atoms with Crippen LogP contribution in [0.5, 0.6) is 11.5 Å². The predicted octanol–water partition coefficient (Wildman–Crippen LogP) is 4.10. The molecule has 0 fully saturated rings. The number of hydrogen-bond acceptors (Lipinski definition) is 4. The highest BCUT2D eigenvalue weighted by molar-refractivity contribution is 9.10. The van der Waals surface area contributed by atoms with Gasteiger partial charge in [-0.15, -0.1) is 0 Å². The molecule has 0 radical (unpaired) electrons. The Bertz CT molecular complexity index is 572. The SMILES string of the molecule is O=Cc1cc(OCSc2ccccc2)c(O)cc1Br. The van der Waals surface area contributed by atoms with Gasteiger partial charge in [-0.1, -0.05) is 30.0 Å². The zero-order valence-electron chi connectivity index (χ0n) is 9.88. The van der Waals surface area contributed by atoms with Gasteiger partial charge in [0.05, 0.1) is 0 Å². The highest BCUT2D eigenvalue weighted by Gasteiger charge is 2.08. The number of thioether (sulfide) groups is 1. The van der Waals surface area contributed by atoms with E-state index in [4.69, 9.17) is 4.74 Å². The smallest absolute Gasteiger partial charge is 0.163 e. The molecule has 0 aromatic heterocycles. The van der Waals surface area contributed by atoms with E-state index in [1.54, 1.807) is 0 Å². The van der Waals surface area contributed by atoms with Gasteiger partial charge in [0.2, 0.25) is 0 Å². The fourth-order valence-electron chi connectivity index (χ4n) is 1.44. The maximum absolute atomic E-state index is 10.8. The minimum absolute atomic E-state index is 0.00568. The van der Waals surface area contributed by atoms with Crippen LogP contribution < -0.4 is 4.74 Å². The lowest BCUT2D eigenvalue weighted by molar-refractivity contribution is 0.112. The zero-order valence-corrected chi connectivity index (χ0v) is 12.3. The van der Waals surface area contributed by atoms with Gasteiger partial charge in [0.25, 0.3) is 0 Å². The van der Waals surface area contributed by atoms with Crippen molar-refractivity contribution in [2.75, 3.05) is 5.94 Å². The Kier molecular flexibility index (Phi) is 4.87. The number of aldehydes is 1. The number of aromatic hydroxyl groups is 1. The monoisotopic (exact) mass is 338 g/mol. The first-order valence-electron chi connectivity index (χ1n) is 5.49. The number of rotatable bonds is 5. The molecule has 2 aromatic rings. The van der Waals surface area contributed by atoms with E-state index in [2.05, 4.69) is 15.9 Å². The number of ether oxygens (including phenoxy) is 1. The van der Waals surface area contributed by atoms with Crippen LogP contribution in [-0.2, 0) is 0 Å². The van der Waals surface area contributed by atoms with E-state index in [1.165, 1.54) is 23.9 Å². The fourth-order valence-corrected chi connectivity index (χ4v) is 2.54. The molecule has 0 unspecified atom stereocenters. The largest absolute Gasteiger partial charge is 0.504 e. The van der Waals surface area contributed by atoms with E-state index >= 15 is 0 Å². The molecular formula is C14H11BrO3S. The summed E-state index contributed by atoms with van der Waals surface area (Å²) >= 11 is 4.70. The summed E-state index contributed by atoms with van der Waals surface area (Å²) in [4.78, 5) is 11.9. The lowest BCUT2D eigenvalue weighted by Crippen LogP contribution is -1.95. The van der Waals surface area contributed by atoms with E-state index in [0.29, 0.717) is 28.0 Å². The van der Waals surface area contributed by atoms with Crippen molar-refractivity contribution in [1.29, 1.82) is 0 Å². The van der Waals surface area contributed by atoms with E-state index in [0.717, 1.165) is 4.90 Å². The molecule has 2 rings (SSSR count). The average molecular weight is 339 g/mol. The molecule has 0 heterocycles. The Balaban J connectivity index is 2.01. The van der Waals surface area contributed by atoms with Crippen molar-refractivity contribution in [2.45, 2.75) is 4.90 Å². The molecule has 19 heavy (non-hydrogen) atoms. The van der Waals surface area contributed by atoms with Crippen molar-refractivity contribution < 1.29 is 14.6 Å². The Morgan fingerprint density at radius 1 is 1.26 bits per heavy atom. The lowest BCUT2D eigenvalue weighted by atomic mass is 10.2. The second-order valence-electron chi connectivity index (χ2n) is 3.68. The zero-order chi connectivity index (χ0) is 13.7. The van der Waals surface area contributed by atoms with Crippen molar-refractivity contribution in [2.24, 2.45) is 0 Å². The Hall–Kier alpha value is -1.46. The average Bonchev–Trinajstić information content (AvgIpc) is 2.42. The van der Waals surface area contributed by atoms with Crippen LogP contribution in [0.15, 0.2) is 51.8 Å². The summed E-state index contributed by atoms with van der Waals surface area (Å²) < 4.78 is 6.02. The van der Waals surface area contributed by atoms with Gasteiger partial charge in [-0.25, -0.2) is 0 Å². The van der Waals surface area contributed by atoms with Crippen molar-refractivity contribution >= 4 is 34.0 Å². The molecule has 5 heteroatoms. The normalized spacial score (nSPS) is 10.2. The summed E-state index contributed by atoms with van der Waals surface area (Å²) in [6, 6.07) is 12.8. The number of benzene rings is 2. The van der Waals surface area contributed by atoms with Gasteiger partial charge < -0.3 is 9.84 Å². The second-order valence-corrected chi connectivity index (χ2v) is 5.53. The van der Waals surface area contributed by atoms with Crippen LogP contribution in [0.25, 0.3) is 0 Å². The Labute approximate surface area is 123 Å². The van der Waals surface area contributed by atoms with Gasteiger partial charge >= 0.3 is 0 Å². The molecule has 0 aliphatic rings. The number of carbonyl (C=O) groups is 1.